The highest BCUT2D eigenvalue weighted by molar-refractivity contribution is 7.13. The Bertz CT molecular complexity index is 639. The van der Waals surface area contributed by atoms with Gasteiger partial charge in [0, 0.05) is 17.0 Å². The number of hydrogen-bond donors (Lipinski definition) is 1. The first-order valence-electron chi connectivity index (χ1n) is 5.23. The Balaban J connectivity index is 2.10. The van der Waals surface area contributed by atoms with E-state index in [-0.39, 0.29) is 0 Å². The zero-order valence-corrected chi connectivity index (χ0v) is 10.7. The average molecular weight is 277 g/mol. The van der Waals surface area contributed by atoms with Crippen molar-refractivity contribution in [1.82, 2.24) is 4.98 Å². The molecule has 0 atom stereocenters. The molecule has 0 radical (unpaired) electrons. The third-order valence-electron chi connectivity index (χ3n) is 2.17. The Hall–Kier alpha value is -2.48. The molecular formula is C11H9N4O3S-. The van der Waals surface area contributed by atoms with Gasteiger partial charge in [-0.1, -0.05) is 12.1 Å². The summed E-state index contributed by atoms with van der Waals surface area (Å²) in [6.07, 6.45) is 1.39. The molecule has 0 spiro atoms. The highest BCUT2D eigenvalue weighted by Crippen LogP contribution is 2.23. The number of hydrogen-bond acceptors (Lipinski definition) is 7. The first-order valence-corrected chi connectivity index (χ1v) is 6.11. The second kappa shape index (κ2) is 5.44. The van der Waals surface area contributed by atoms with Crippen molar-refractivity contribution in [2.45, 2.75) is 6.92 Å². The largest absolute Gasteiger partial charge is 0.868 e. The van der Waals surface area contributed by atoms with Crippen molar-refractivity contribution in [3.05, 3.63) is 45.0 Å². The molecule has 0 saturated carbocycles. The van der Waals surface area contributed by atoms with Crippen LogP contribution in [0.2, 0.25) is 0 Å². The van der Waals surface area contributed by atoms with Crippen LogP contribution in [0.3, 0.4) is 0 Å². The molecule has 0 fully saturated rings. The number of nitrogens with zero attached hydrogens (tertiary/aromatic N) is 3. The number of thiazole rings is 1. The monoisotopic (exact) mass is 277 g/mol. The van der Waals surface area contributed by atoms with Gasteiger partial charge in [0.05, 0.1) is 16.8 Å². The van der Waals surface area contributed by atoms with Crippen LogP contribution in [-0.4, -0.2) is 16.1 Å². The number of aromatic nitrogens is 1. The van der Waals surface area contributed by atoms with Gasteiger partial charge in [0.1, 0.15) is 0 Å². The third kappa shape index (κ3) is 3.26. The van der Waals surface area contributed by atoms with Gasteiger partial charge in [0.2, 0.25) is 5.13 Å². The van der Waals surface area contributed by atoms with E-state index < -0.39 is 16.4 Å². The number of benzene rings is 1. The van der Waals surface area contributed by atoms with Crippen molar-refractivity contribution in [3.63, 3.8) is 0 Å². The Labute approximate surface area is 112 Å². The zero-order chi connectivity index (χ0) is 13.8. The van der Waals surface area contributed by atoms with Crippen molar-refractivity contribution < 1.29 is 10.0 Å². The quantitative estimate of drug-likeness (QED) is 0.522. The van der Waals surface area contributed by atoms with Gasteiger partial charge in [0.15, 0.2) is 0 Å². The van der Waals surface area contributed by atoms with Gasteiger partial charge in [-0.25, -0.2) is 4.98 Å². The van der Waals surface area contributed by atoms with E-state index in [0.29, 0.717) is 10.7 Å². The lowest BCUT2D eigenvalue weighted by atomic mass is 10.2. The van der Waals surface area contributed by atoms with Crippen molar-refractivity contribution >= 4 is 28.4 Å². The molecule has 1 aromatic heterocycles. The summed E-state index contributed by atoms with van der Waals surface area (Å²) in [7, 11) is 0. The van der Waals surface area contributed by atoms with Gasteiger partial charge in [-0.2, -0.15) is 5.10 Å². The number of anilines is 1. The standard InChI is InChI=1S/C11H10N4O3S/c1-7-6-19-11(13-7)14-12-5-8-2-3-10(16)9(4-8)15(17)18/h2-6,16H,1H3,(H,13,14)/p-1/b12-5-. The summed E-state index contributed by atoms with van der Waals surface area (Å²) >= 11 is 1.40. The van der Waals surface area contributed by atoms with Crippen LogP contribution in [0.15, 0.2) is 28.7 Å². The van der Waals surface area contributed by atoms with E-state index in [1.165, 1.54) is 29.7 Å². The lowest BCUT2D eigenvalue weighted by Crippen LogP contribution is -1.99. The number of aryl methyl sites for hydroxylation is 1. The molecule has 1 N–H and O–H groups in total. The molecule has 0 saturated heterocycles. The summed E-state index contributed by atoms with van der Waals surface area (Å²) in [5, 5.41) is 28.2. The van der Waals surface area contributed by atoms with Crippen LogP contribution in [0, 0.1) is 17.0 Å². The summed E-state index contributed by atoms with van der Waals surface area (Å²) in [5.41, 5.74) is 3.59. The van der Waals surface area contributed by atoms with Gasteiger partial charge in [-0.3, -0.25) is 15.5 Å². The Morgan fingerprint density at radius 3 is 2.95 bits per heavy atom. The van der Waals surface area contributed by atoms with Gasteiger partial charge >= 0.3 is 0 Å². The van der Waals surface area contributed by atoms with Crippen molar-refractivity contribution in [1.29, 1.82) is 0 Å². The number of nitro benzene ring substituents is 1. The maximum absolute atomic E-state index is 11.2. The molecule has 0 unspecified atom stereocenters. The molecule has 1 heterocycles. The lowest BCUT2D eigenvalue weighted by molar-refractivity contribution is -0.398. The van der Waals surface area contributed by atoms with Crippen LogP contribution in [0.4, 0.5) is 10.8 Å². The fourth-order valence-corrected chi connectivity index (χ4v) is 1.96. The zero-order valence-electron chi connectivity index (χ0n) is 9.86. The van der Waals surface area contributed by atoms with E-state index in [2.05, 4.69) is 15.5 Å². The van der Waals surface area contributed by atoms with Gasteiger partial charge in [0.25, 0.3) is 5.69 Å². The predicted octanol–water partition coefficient (Wildman–Crippen LogP) is 1.88. The van der Waals surface area contributed by atoms with Crippen LogP contribution in [-0.2, 0) is 0 Å². The van der Waals surface area contributed by atoms with Crippen LogP contribution in [0.5, 0.6) is 5.75 Å². The minimum absolute atomic E-state index is 0.464. The van der Waals surface area contributed by atoms with E-state index >= 15 is 0 Å². The summed E-state index contributed by atoms with van der Waals surface area (Å²) < 4.78 is 0. The maximum Gasteiger partial charge on any atom is 0.262 e. The SMILES string of the molecule is Cc1csc(N/N=C\c2ccc([O-])c([N+](=O)[O-])c2)n1. The first-order chi connectivity index (χ1) is 9.06. The molecule has 0 bridgehead atoms. The topological polar surface area (TPSA) is 103 Å². The fourth-order valence-electron chi connectivity index (χ4n) is 1.32. The molecule has 2 aromatic rings. The molecule has 19 heavy (non-hydrogen) atoms. The molecule has 7 nitrogen and oxygen atoms in total. The number of nitrogens with one attached hydrogen (secondary N) is 1. The normalized spacial score (nSPS) is 10.8. The molecule has 0 aliphatic carbocycles. The number of hydrazone groups is 1. The number of nitro groups is 1. The van der Waals surface area contributed by atoms with Crippen molar-refractivity contribution in [2.24, 2.45) is 5.10 Å². The summed E-state index contributed by atoms with van der Waals surface area (Å²) in [5.74, 6) is -0.620. The molecule has 98 valence electrons. The summed E-state index contributed by atoms with van der Waals surface area (Å²) in [6, 6.07) is 3.79. The molecule has 1 aromatic carbocycles. The van der Waals surface area contributed by atoms with Gasteiger partial charge < -0.3 is 5.11 Å². The second-order valence-electron chi connectivity index (χ2n) is 3.65. The first kappa shape index (κ1) is 13.0. The minimum atomic E-state index is -0.711. The molecule has 0 amide bonds. The van der Waals surface area contributed by atoms with Crippen LogP contribution in [0.25, 0.3) is 0 Å². The molecular weight excluding hydrogens is 268 g/mol. The molecule has 0 aliphatic heterocycles. The minimum Gasteiger partial charge on any atom is -0.868 e. The van der Waals surface area contributed by atoms with E-state index in [4.69, 9.17) is 0 Å². The van der Waals surface area contributed by atoms with Crippen molar-refractivity contribution in [3.8, 4) is 5.75 Å². The Morgan fingerprint density at radius 2 is 2.32 bits per heavy atom. The smallest absolute Gasteiger partial charge is 0.262 e. The van der Waals surface area contributed by atoms with Gasteiger partial charge in [-0.05, 0) is 12.7 Å². The van der Waals surface area contributed by atoms with E-state index in [1.807, 2.05) is 12.3 Å². The van der Waals surface area contributed by atoms with E-state index in [0.717, 1.165) is 11.8 Å². The fraction of sp³-hybridized carbons (Fsp3) is 0.0909. The van der Waals surface area contributed by atoms with Gasteiger partial charge in [-0.15, -0.1) is 11.3 Å². The Morgan fingerprint density at radius 1 is 1.53 bits per heavy atom. The van der Waals surface area contributed by atoms with Crippen LogP contribution >= 0.6 is 11.3 Å². The second-order valence-corrected chi connectivity index (χ2v) is 4.51. The maximum atomic E-state index is 11.2. The van der Waals surface area contributed by atoms with Crippen LogP contribution in [0.1, 0.15) is 11.3 Å². The predicted molar refractivity (Wildman–Crippen MR) is 70.6 cm³/mol. The molecule has 2 rings (SSSR count). The summed E-state index contributed by atoms with van der Waals surface area (Å²) in [6.45, 7) is 1.86. The van der Waals surface area contributed by atoms with E-state index in [9.17, 15) is 15.2 Å². The van der Waals surface area contributed by atoms with Crippen molar-refractivity contribution in [2.75, 3.05) is 5.43 Å². The highest BCUT2D eigenvalue weighted by atomic mass is 32.1. The highest BCUT2D eigenvalue weighted by Gasteiger charge is 2.06. The summed E-state index contributed by atoms with van der Waals surface area (Å²) in [4.78, 5) is 14.0. The van der Waals surface area contributed by atoms with E-state index in [1.54, 1.807) is 0 Å². The molecule has 0 aliphatic rings. The molecule has 8 heteroatoms. The average Bonchev–Trinajstić information content (AvgIpc) is 2.77. The third-order valence-corrected chi connectivity index (χ3v) is 3.04. The Kier molecular flexibility index (Phi) is 3.71. The lowest BCUT2D eigenvalue weighted by Gasteiger charge is -2.05. The van der Waals surface area contributed by atoms with Crippen LogP contribution < -0.4 is 10.5 Å². The number of rotatable bonds is 4.